The van der Waals surface area contributed by atoms with Crippen molar-refractivity contribution in [2.45, 2.75) is 83.6 Å². The molecule has 2 rings (SSSR count). The highest BCUT2D eigenvalue weighted by Gasteiger charge is 2.29. The van der Waals surface area contributed by atoms with Crippen LogP contribution in [-0.4, -0.2) is 35.8 Å². The first kappa shape index (κ1) is 20.5. The van der Waals surface area contributed by atoms with Gasteiger partial charge >= 0.3 is 0 Å². The van der Waals surface area contributed by atoms with Crippen LogP contribution in [0.2, 0.25) is 0 Å². The number of hydrogen-bond acceptors (Lipinski definition) is 1. The molecule has 0 amide bonds. The van der Waals surface area contributed by atoms with Gasteiger partial charge in [0.25, 0.3) is 0 Å². The van der Waals surface area contributed by atoms with Crippen LogP contribution in [0.5, 0.6) is 0 Å². The molecule has 1 N–H and O–H groups in total. The van der Waals surface area contributed by atoms with Gasteiger partial charge in [0.1, 0.15) is 6.54 Å². The fraction of sp³-hybridized carbons (Fsp3) is 0.739. The highest BCUT2D eigenvalue weighted by atomic mass is 16.2. The van der Waals surface area contributed by atoms with Gasteiger partial charge in [-0.2, -0.15) is 0 Å². The van der Waals surface area contributed by atoms with E-state index in [1.165, 1.54) is 107 Å². The molecule has 0 aliphatic carbocycles. The standard InChI is InChI=1S/C23H40NO/c25-21-15-7-5-3-1-2-4-6-12-18-24(19-13-9-14-20-24)22-23-16-10-8-11-17-23/h8,10-11,16-17,25H,1-7,9,12-15,18-22H2/q+1. The van der Waals surface area contributed by atoms with Crippen molar-refractivity contribution in [3.63, 3.8) is 0 Å². The number of nitrogens with zero attached hydrogens (tertiary/aromatic N) is 1. The van der Waals surface area contributed by atoms with Crippen molar-refractivity contribution in [1.82, 2.24) is 0 Å². The molecule has 142 valence electrons. The summed E-state index contributed by atoms with van der Waals surface area (Å²) in [5, 5.41) is 8.79. The number of rotatable bonds is 13. The van der Waals surface area contributed by atoms with Crippen LogP contribution in [0.4, 0.5) is 0 Å². The van der Waals surface area contributed by atoms with E-state index in [9.17, 15) is 0 Å². The van der Waals surface area contributed by atoms with Crippen molar-refractivity contribution in [2.75, 3.05) is 26.2 Å². The van der Waals surface area contributed by atoms with E-state index >= 15 is 0 Å². The van der Waals surface area contributed by atoms with E-state index in [1.54, 1.807) is 0 Å². The van der Waals surface area contributed by atoms with Gasteiger partial charge in [0.05, 0.1) is 19.6 Å². The molecular weight excluding hydrogens is 306 g/mol. The maximum atomic E-state index is 8.79. The van der Waals surface area contributed by atoms with Crippen molar-refractivity contribution >= 4 is 0 Å². The van der Waals surface area contributed by atoms with Gasteiger partial charge in [-0.1, -0.05) is 68.9 Å². The van der Waals surface area contributed by atoms with Gasteiger partial charge in [0, 0.05) is 12.2 Å². The normalized spacial score (nSPS) is 16.8. The highest BCUT2D eigenvalue weighted by molar-refractivity contribution is 5.13. The van der Waals surface area contributed by atoms with Crippen molar-refractivity contribution in [1.29, 1.82) is 0 Å². The van der Waals surface area contributed by atoms with E-state index in [4.69, 9.17) is 5.11 Å². The number of likely N-dealkylation sites (tertiary alicyclic amines) is 1. The summed E-state index contributed by atoms with van der Waals surface area (Å²) in [7, 11) is 0. The van der Waals surface area contributed by atoms with Gasteiger partial charge in [-0.3, -0.25) is 0 Å². The maximum Gasteiger partial charge on any atom is 0.104 e. The molecule has 1 aromatic rings. The van der Waals surface area contributed by atoms with E-state index in [0.717, 1.165) is 6.42 Å². The molecule has 25 heavy (non-hydrogen) atoms. The number of hydrogen-bond donors (Lipinski definition) is 1. The molecule has 1 heterocycles. The Morgan fingerprint density at radius 1 is 0.680 bits per heavy atom. The van der Waals surface area contributed by atoms with Crippen LogP contribution >= 0.6 is 0 Å². The number of benzene rings is 1. The first-order valence-electron chi connectivity index (χ1n) is 10.8. The average Bonchev–Trinajstić information content (AvgIpc) is 2.65. The lowest BCUT2D eigenvalue weighted by Crippen LogP contribution is -2.51. The number of aliphatic hydroxyl groups is 1. The number of quaternary nitrogens is 1. The molecule has 1 fully saturated rings. The maximum absolute atomic E-state index is 8.79. The van der Waals surface area contributed by atoms with Crippen molar-refractivity contribution in [3.05, 3.63) is 35.9 Å². The summed E-state index contributed by atoms with van der Waals surface area (Å²) in [5.41, 5.74) is 1.52. The molecule has 0 radical (unpaired) electrons. The smallest absolute Gasteiger partial charge is 0.104 e. The zero-order valence-electron chi connectivity index (χ0n) is 16.3. The zero-order valence-corrected chi connectivity index (χ0v) is 16.3. The summed E-state index contributed by atoms with van der Waals surface area (Å²) in [5.74, 6) is 0. The summed E-state index contributed by atoms with van der Waals surface area (Å²) >= 11 is 0. The number of unbranched alkanes of at least 4 members (excludes halogenated alkanes) is 8. The van der Waals surface area contributed by atoms with Gasteiger partial charge in [0.2, 0.25) is 0 Å². The van der Waals surface area contributed by atoms with E-state index in [-0.39, 0.29) is 0 Å². The molecule has 1 aliphatic rings. The summed E-state index contributed by atoms with van der Waals surface area (Å²) in [6, 6.07) is 11.1. The second-order valence-electron chi connectivity index (χ2n) is 8.12. The number of aliphatic hydroxyl groups excluding tert-OH is 1. The second kappa shape index (κ2) is 12.5. The fourth-order valence-electron chi connectivity index (χ4n) is 4.41. The van der Waals surface area contributed by atoms with E-state index in [0.29, 0.717) is 6.61 Å². The van der Waals surface area contributed by atoms with E-state index < -0.39 is 0 Å². The molecular formula is C23H40NO+. The Morgan fingerprint density at radius 2 is 1.24 bits per heavy atom. The summed E-state index contributed by atoms with van der Waals surface area (Å²) in [6.07, 6.45) is 16.1. The average molecular weight is 347 g/mol. The summed E-state index contributed by atoms with van der Waals surface area (Å²) < 4.78 is 1.34. The molecule has 0 saturated carbocycles. The third-order valence-corrected chi connectivity index (χ3v) is 5.92. The molecule has 0 spiro atoms. The second-order valence-corrected chi connectivity index (χ2v) is 8.12. The first-order chi connectivity index (χ1) is 12.3. The number of piperidine rings is 1. The lowest BCUT2D eigenvalue weighted by atomic mass is 10.0. The van der Waals surface area contributed by atoms with Gasteiger partial charge in [0.15, 0.2) is 0 Å². The minimum Gasteiger partial charge on any atom is -0.396 e. The zero-order chi connectivity index (χ0) is 17.6. The van der Waals surface area contributed by atoms with Crippen molar-refractivity contribution in [2.24, 2.45) is 0 Å². The molecule has 2 nitrogen and oxygen atoms in total. The third-order valence-electron chi connectivity index (χ3n) is 5.92. The Hall–Kier alpha value is -0.860. The Morgan fingerprint density at radius 3 is 1.84 bits per heavy atom. The van der Waals surface area contributed by atoms with E-state index in [1.807, 2.05) is 0 Å². The molecule has 0 aromatic heterocycles. The molecule has 0 unspecified atom stereocenters. The van der Waals surface area contributed by atoms with Crippen LogP contribution in [0.3, 0.4) is 0 Å². The minimum absolute atomic E-state index is 0.364. The quantitative estimate of drug-likeness (QED) is 0.359. The van der Waals surface area contributed by atoms with Crippen LogP contribution in [0, 0.1) is 0 Å². The molecule has 1 aromatic carbocycles. The summed E-state index contributed by atoms with van der Waals surface area (Å²) in [4.78, 5) is 0. The van der Waals surface area contributed by atoms with Crippen LogP contribution in [0.1, 0.15) is 82.6 Å². The topological polar surface area (TPSA) is 20.2 Å². The molecule has 1 saturated heterocycles. The van der Waals surface area contributed by atoms with E-state index in [2.05, 4.69) is 30.3 Å². The van der Waals surface area contributed by atoms with Gasteiger partial charge in [-0.15, -0.1) is 0 Å². The highest BCUT2D eigenvalue weighted by Crippen LogP contribution is 2.24. The Balaban J connectivity index is 1.62. The first-order valence-corrected chi connectivity index (χ1v) is 10.8. The SMILES string of the molecule is OCCCCCCCCCCC[N+]1(Cc2ccccc2)CCCCC1. The van der Waals surface area contributed by atoms with Gasteiger partial charge in [-0.05, 0) is 38.5 Å². The lowest BCUT2D eigenvalue weighted by molar-refractivity contribution is -0.945. The summed E-state index contributed by atoms with van der Waals surface area (Å²) in [6.45, 7) is 5.76. The largest absolute Gasteiger partial charge is 0.396 e. The van der Waals surface area contributed by atoms with Crippen LogP contribution in [0.15, 0.2) is 30.3 Å². The predicted octanol–water partition coefficient (Wildman–Crippen LogP) is 5.69. The van der Waals surface area contributed by atoms with Crippen molar-refractivity contribution in [3.8, 4) is 0 Å². The van der Waals surface area contributed by atoms with Crippen LogP contribution in [-0.2, 0) is 6.54 Å². The Bertz CT molecular complexity index is 425. The molecule has 0 atom stereocenters. The Kier molecular flexibility index (Phi) is 10.2. The lowest BCUT2D eigenvalue weighted by Gasteiger charge is -2.42. The minimum atomic E-state index is 0.364. The van der Waals surface area contributed by atoms with Gasteiger partial charge < -0.3 is 9.59 Å². The van der Waals surface area contributed by atoms with Crippen LogP contribution < -0.4 is 0 Å². The van der Waals surface area contributed by atoms with Crippen molar-refractivity contribution < 1.29 is 9.59 Å². The molecule has 0 bridgehead atoms. The predicted molar refractivity (Wildman–Crippen MR) is 107 cm³/mol. The molecule has 2 heteroatoms. The van der Waals surface area contributed by atoms with Crippen LogP contribution in [0.25, 0.3) is 0 Å². The fourth-order valence-corrected chi connectivity index (χ4v) is 4.41. The molecule has 1 aliphatic heterocycles. The van der Waals surface area contributed by atoms with Gasteiger partial charge in [-0.25, -0.2) is 0 Å². The monoisotopic (exact) mass is 346 g/mol. The Labute approximate surface area is 155 Å². The third kappa shape index (κ3) is 8.37.